The number of nitrogens with zero attached hydrogens (tertiary/aromatic N) is 1. The fourth-order valence-corrected chi connectivity index (χ4v) is 2.69. The lowest BCUT2D eigenvalue weighted by Gasteiger charge is -2.15. The van der Waals surface area contributed by atoms with Crippen LogP contribution in [0.4, 0.5) is 11.4 Å². The molecule has 5 heteroatoms. The molecule has 0 bridgehead atoms. The van der Waals surface area contributed by atoms with Crippen LogP contribution in [0.3, 0.4) is 0 Å². The molecule has 2 N–H and O–H groups in total. The van der Waals surface area contributed by atoms with Gasteiger partial charge < -0.3 is 15.4 Å². The number of amides is 1. The summed E-state index contributed by atoms with van der Waals surface area (Å²) in [4.78, 5) is 16.9. The van der Waals surface area contributed by atoms with E-state index in [4.69, 9.17) is 4.74 Å². The van der Waals surface area contributed by atoms with E-state index in [0.29, 0.717) is 23.5 Å². The van der Waals surface area contributed by atoms with Crippen molar-refractivity contribution in [1.82, 2.24) is 4.98 Å². The zero-order valence-corrected chi connectivity index (χ0v) is 16.4. The summed E-state index contributed by atoms with van der Waals surface area (Å²) in [6, 6.07) is 17.5. The largest absolute Gasteiger partial charge is 0.489 e. The molecule has 0 saturated carbocycles. The number of hydrogen-bond acceptors (Lipinski definition) is 4. The monoisotopic (exact) mass is 375 g/mol. The molecule has 0 aliphatic carbocycles. The van der Waals surface area contributed by atoms with Crippen LogP contribution in [0, 0.1) is 6.92 Å². The lowest BCUT2D eigenvalue weighted by Crippen LogP contribution is -2.15. The van der Waals surface area contributed by atoms with Crippen molar-refractivity contribution < 1.29 is 9.53 Å². The first-order chi connectivity index (χ1) is 13.5. The molecule has 3 rings (SSSR count). The number of rotatable bonds is 7. The van der Waals surface area contributed by atoms with Crippen molar-refractivity contribution in [2.24, 2.45) is 0 Å². The Labute approximate surface area is 165 Å². The van der Waals surface area contributed by atoms with Crippen molar-refractivity contribution in [2.45, 2.75) is 33.4 Å². The molecule has 144 valence electrons. The van der Waals surface area contributed by atoms with Gasteiger partial charge in [-0.3, -0.25) is 9.78 Å². The second-order valence-electron chi connectivity index (χ2n) is 6.92. The zero-order valence-electron chi connectivity index (χ0n) is 16.4. The molecule has 0 spiro atoms. The summed E-state index contributed by atoms with van der Waals surface area (Å²) in [7, 11) is 0. The number of ether oxygens (including phenoxy) is 1. The summed E-state index contributed by atoms with van der Waals surface area (Å²) in [5.74, 6) is 0.416. The molecule has 5 nitrogen and oxygen atoms in total. The average molecular weight is 375 g/mol. The lowest BCUT2D eigenvalue weighted by atomic mass is 10.1. The van der Waals surface area contributed by atoms with Crippen LogP contribution < -0.4 is 15.4 Å². The van der Waals surface area contributed by atoms with Crippen molar-refractivity contribution in [2.75, 3.05) is 10.6 Å². The summed E-state index contributed by atoms with van der Waals surface area (Å²) in [6.45, 7) is 6.63. The van der Waals surface area contributed by atoms with Crippen molar-refractivity contribution in [3.63, 3.8) is 0 Å². The Bertz CT molecular complexity index is 937. The quantitative estimate of drug-likeness (QED) is 0.607. The Hall–Kier alpha value is -3.34. The maximum Gasteiger partial charge on any atom is 0.257 e. The van der Waals surface area contributed by atoms with E-state index < -0.39 is 0 Å². The molecule has 0 radical (unpaired) electrons. The van der Waals surface area contributed by atoms with Gasteiger partial charge in [0.1, 0.15) is 5.75 Å². The smallest absolute Gasteiger partial charge is 0.257 e. The molecular weight excluding hydrogens is 350 g/mol. The van der Waals surface area contributed by atoms with Gasteiger partial charge in [0.2, 0.25) is 0 Å². The second-order valence-corrected chi connectivity index (χ2v) is 6.92. The van der Waals surface area contributed by atoms with Gasteiger partial charge >= 0.3 is 0 Å². The Morgan fingerprint density at radius 3 is 2.57 bits per heavy atom. The van der Waals surface area contributed by atoms with E-state index in [2.05, 4.69) is 46.8 Å². The molecule has 0 saturated heterocycles. The van der Waals surface area contributed by atoms with E-state index in [1.165, 1.54) is 11.1 Å². The SMILES string of the molecule is Cc1ccc(CNc2cncc(C(=O)Nc3ccccc3OC(C)C)c2)cc1. The van der Waals surface area contributed by atoms with Crippen LogP contribution >= 0.6 is 0 Å². The number of pyridine rings is 1. The lowest BCUT2D eigenvalue weighted by molar-refractivity contribution is 0.102. The number of para-hydroxylation sites is 2. The van der Waals surface area contributed by atoms with E-state index in [9.17, 15) is 4.79 Å². The van der Waals surface area contributed by atoms with Gasteiger partial charge in [0.15, 0.2) is 0 Å². The number of carbonyl (C=O) groups is 1. The Morgan fingerprint density at radius 1 is 1.07 bits per heavy atom. The van der Waals surface area contributed by atoms with Crippen LogP contribution in [0.2, 0.25) is 0 Å². The fraction of sp³-hybridized carbons (Fsp3) is 0.217. The third-order valence-corrected chi connectivity index (χ3v) is 4.12. The molecule has 0 aliphatic heterocycles. The maximum absolute atomic E-state index is 12.7. The van der Waals surface area contributed by atoms with Crippen molar-refractivity contribution >= 4 is 17.3 Å². The van der Waals surface area contributed by atoms with Crippen LogP contribution in [0.1, 0.15) is 35.3 Å². The molecule has 28 heavy (non-hydrogen) atoms. The van der Waals surface area contributed by atoms with Gasteiger partial charge in [-0.15, -0.1) is 0 Å². The van der Waals surface area contributed by atoms with E-state index >= 15 is 0 Å². The highest BCUT2D eigenvalue weighted by atomic mass is 16.5. The molecule has 0 atom stereocenters. The molecule has 2 aromatic carbocycles. The molecule has 0 unspecified atom stereocenters. The number of aromatic nitrogens is 1. The first-order valence-electron chi connectivity index (χ1n) is 9.33. The fourth-order valence-electron chi connectivity index (χ4n) is 2.69. The van der Waals surface area contributed by atoms with Gasteiger partial charge in [0.25, 0.3) is 5.91 Å². The van der Waals surface area contributed by atoms with Gasteiger partial charge in [-0.25, -0.2) is 0 Å². The Balaban J connectivity index is 1.68. The predicted molar refractivity (Wildman–Crippen MR) is 113 cm³/mol. The number of carbonyl (C=O) groups excluding carboxylic acids is 1. The van der Waals surface area contributed by atoms with Gasteiger partial charge in [-0.05, 0) is 44.5 Å². The highest BCUT2D eigenvalue weighted by molar-refractivity contribution is 6.05. The van der Waals surface area contributed by atoms with Gasteiger partial charge in [0, 0.05) is 18.9 Å². The first-order valence-corrected chi connectivity index (χ1v) is 9.33. The van der Waals surface area contributed by atoms with Crippen LogP contribution in [0.15, 0.2) is 67.0 Å². The highest BCUT2D eigenvalue weighted by Crippen LogP contribution is 2.25. The van der Waals surface area contributed by atoms with Crippen LogP contribution in [0.25, 0.3) is 0 Å². The molecule has 1 aromatic heterocycles. The number of hydrogen-bond donors (Lipinski definition) is 2. The third kappa shape index (κ3) is 5.33. The number of benzene rings is 2. The highest BCUT2D eigenvalue weighted by Gasteiger charge is 2.11. The second kappa shape index (κ2) is 9.04. The minimum atomic E-state index is -0.230. The van der Waals surface area contributed by atoms with E-state index in [1.54, 1.807) is 18.5 Å². The normalized spacial score (nSPS) is 10.6. The van der Waals surface area contributed by atoms with Crippen molar-refractivity contribution in [3.8, 4) is 5.75 Å². The van der Waals surface area contributed by atoms with E-state index in [0.717, 1.165) is 5.69 Å². The summed E-state index contributed by atoms with van der Waals surface area (Å²) in [5, 5.41) is 6.22. The average Bonchev–Trinajstić information content (AvgIpc) is 2.69. The van der Waals surface area contributed by atoms with Gasteiger partial charge in [-0.1, -0.05) is 42.0 Å². The summed E-state index contributed by atoms with van der Waals surface area (Å²) in [6.07, 6.45) is 3.29. The minimum absolute atomic E-state index is 0.0222. The molecular formula is C23H25N3O2. The van der Waals surface area contributed by atoms with E-state index in [1.807, 2.05) is 38.1 Å². The summed E-state index contributed by atoms with van der Waals surface area (Å²) < 4.78 is 5.76. The third-order valence-electron chi connectivity index (χ3n) is 4.12. The summed E-state index contributed by atoms with van der Waals surface area (Å²) in [5.41, 5.74) is 4.30. The number of anilines is 2. The Morgan fingerprint density at radius 2 is 1.82 bits per heavy atom. The molecule has 3 aromatic rings. The first kappa shape index (κ1) is 19.4. The topological polar surface area (TPSA) is 63.2 Å². The minimum Gasteiger partial charge on any atom is -0.489 e. The van der Waals surface area contributed by atoms with E-state index in [-0.39, 0.29) is 12.0 Å². The Kier molecular flexibility index (Phi) is 6.27. The van der Waals surface area contributed by atoms with Crippen LogP contribution in [0.5, 0.6) is 5.75 Å². The van der Waals surface area contributed by atoms with Crippen molar-refractivity contribution in [1.29, 1.82) is 0 Å². The predicted octanol–water partition coefficient (Wildman–Crippen LogP) is 5.04. The molecule has 1 heterocycles. The van der Waals surface area contributed by atoms with Crippen molar-refractivity contribution in [3.05, 3.63) is 83.7 Å². The number of aryl methyl sites for hydroxylation is 1. The summed E-state index contributed by atoms with van der Waals surface area (Å²) >= 11 is 0. The maximum atomic E-state index is 12.7. The molecule has 0 fully saturated rings. The standard InChI is InChI=1S/C23H25N3O2/c1-16(2)28-22-7-5-4-6-21(22)26-23(27)19-12-20(15-24-14-19)25-13-18-10-8-17(3)9-11-18/h4-12,14-16,25H,13H2,1-3H3,(H,26,27). The number of nitrogens with one attached hydrogen (secondary N) is 2. The van der Waals surface area contributed by atoms with Gasteiger partial charge in [0.05, 0.1) is 23.0 Å². The van der Waals surface area contributed by atoms with Gasteiger partial charge in [-0.2, -0.15) is 0 Å². The molecule has 1 amide bonds. The van der Waals surface area contributed by atoms with Crippen LogP contribution in [-0.4, -0.2) is 17.0 Å². The molecule has 0 aliphatic rings. The zero-order chi connectivity index (χ0) is 19.9. The van der Waals surface area contributed by atoms with Crippen LogP contribution in [-0.2, 0) is 6.54 Å².